The van der Waals surface area contributed by atoms with Gasteiger partial charge in [-0.2, -0.15) is 0 Å². The summed E-state index contributed by atoms with van der Waals surface area (Å²) in [5, 5.41) is 0.612. The van der Waals surface area contributed by atoms with Crippen LogP contribution in [0.15, 0.2) is 53.8 Å². The Labute approximate surface area is 121 Å². The first-order chi connectivity index (χ1) is 10.3. The van der Waals surface area contributed by atoms with Gasteiger partial charge in [0.05, 0.1) is 30.4 Å². The van der Waals surface area contributed by atoms with Crippen LogP contribution in [0.2, 0.25) is 0 Å². The van der Waals surface area contributed by atoms with Crippen molar-refractivity contribution in [2.24, 2.45) is 0 Å². The van der Waals surface area contributed by atoms with E-state index < -0.39 is 0 Å². The molecule has 5 heteroatoms. The maximum Gasteiger partial charge on any atom is 0.261 e. The van der Waals surface area contributed by atoms with E-state index in [1.165, 1.54) is 0 Å². The normalized spacial score (nSPS) is 10.9. The first-order valence-electron chi connectivity index (χ1n) is 6.68. The third-order valence-electron chi connectivity index (χ3n) is 3.36. The topological polar surface area (TPSA) is 57.0 Å². The van der Waals surface area contributed by atoms with Crippen molar-refractivity contribution in [3.63, 3.8) is 0 Å². The number of ether oxygens (including phenoxy) is 1. The number of hydrogen-bond acceptors (Lipinski definition) is 4. The van der Waals surface area contributed by atoms with Crippen molar-refractivity contribution in [2.75, 3.05) is 13.7 Å². The van der Waals surface area contributed by atoms with Gasteiger partial charge in [0.15, 0.2) is 0 Å². The Kier molecular flexibility index (Phi) is 3.75. The van der Waals surface area contributed by atoms with Crippen LogP contribution in [0.1, 0.15) is 0 Å². The fourth-order valence-electron chi connectivity index (χ4n) is 2.22. The largest absolute Gasteiger partial charge is 0.383 e. The quantitative estimate of drug-likeness (QED) is 0.735. The van der Waals surface area contributed by atoms with Gasteiger partial charge in [0, 0.05) is 25.1 Å². The van der Waals surface area contributed by atoms with E-state index in [9.17, 15) is 4.79 Å². The lowest BCUT2D eigenvalue weighted by molar-refractivity contribution is 0.186. The number of rotatable bonds is 4. The average molecular weight is 281 g/mol. The van der Waals surface area contributed by atoms with Crippen LogP contribution in [0, 0.1) is 0 Å². The fraction of sp³-hybridized carbons (Fsp3) is 0.188. The molecule has 2 heterocycles. The molecule has 106 valence electrons. The molecule has 5 nitrogen and oxygen atoms in total. The molecule has 0 spiro atoms. The predicted molar refractivity (Wildman–Crippen MR) is 81.1 cm³/mol. The Morgan fingerprint density at radius 1 is 1.24 bits per heavy atom. The van der Waals surface area contributed by atoms with Gasteiger partial charge in [-0.15, -0.1) is 0 Å². The number of nitrogens with zero attached hydrogens (tertiary/aromatic N) is 3. The first-order valence-corrected chi connectivity index (χ1v) is 6.68. The van der Waals surface area contributed by atoms with Crippen molar-refractivity contribution in [1.29, 1.82) is 0 Å². The van der Waals surface area contributed by atoms with Crippen molar-refractivity contribution in [3.05, 3.63) is 59.4 Å². The van der Waals surface area contributed by atoms with Crippen molar-refractivity contribution >= 4 is 10.9 Å². The van der Waals surface area contributed by atoms with Crippen molar-refractivity contribution in [1.82, 2.24) is 14.5 Å². The van der Waals surface area contributed by atoms with Gasteiger partial charge in [-0.1, -0.05) is 12.1 Å². The molecule has 0 saturated heterocycles. The summed E-state index contributed by atoms with van der Waals surface area (Å²) in [6.07, 6.45) is 5.09. The minimum Gasteiger partial charge on any atom is -0.383 e. The summed E-state index contributed by atoms with van der Waals surface area (Å²) >= 11 is 0. The van der Waals surface area contributed by atoms with Crippen LogP contribution in [0.4, 0.5) is 0 Å². The molecule has 0 fully saturated rings. The standard InChI is InChI=1S/C16H15N3O2/c1-21-8-7-19-11-18-15-9-12(4-5-14(15)16(19)20)13-3-2-6-17-10-13/h2-6,9-11H,7-8H2,1H3. The molecular formula is C16H15N3O2. The highest BCUT2D eigenvalue weighted by molar-refractivity contribution is 5.83. The third-order valence-corrected chi connectivity index (χ3v) is 3.36. The van der Waals surface area contributed by atoms with Crippen LogP contribution >= 0.6 is 0 Å². The summed E-state index contributed by atoms with van der Waals surface area (Å²) in [6.45, 7) is 0.990. The molecule has 0 aliphatic heterocycles. The Morgan fingerprint density at radius 2 is 2.14 bits per heavy atom. The van der Waals surface area contributed by atoms with E-state index in [4.69, 9.17) is 4.74 Å². The molecule has 0 saturated carbocycles. The molecule has 1 aromatic carbocycles. The Morgan fingerprint density at radius 3 is 2.90 bits per heavy atom. The number of hydrogen-bond donors (Lipinski definition) is 0. The lowest BCUT2D eigenvalue weighted by atomic mass is 10.1. The van der Waals surface area contributed by atoms with Crippen molar-refractivity contribution in [3.8, 4) is 11.1 Å². The molecule has 3 rings (SSSR count). The number of aromatic nitrogens is 3. The van der Waals surface area contributed by atoms with Gasteiger partial charge >= 0.3 is 0 Å². The molecular weight excluding hydrogens is 266 g/mol. The van der Waals surface area contributed by atoms with Crippen LogP contribution in [0.3, 0.4) is 0 Å². The van der Waals surface area contributed by atoms with Gasteiger partial charge in [0.1, 0.15) is 0 Å². The average Bonchev–Trinajstić information content (AvgIpc) is 2.55. The van der Waals surface area contributed by atoms with Gasteiger partial charge in [0.25, 0.3) is 5.56 Å². The molecule has 0 atom stereocenters. The smallest absolute Gasteiger partial charge is 0.261 e. The summed E-state index contributed by atoms with van der Waals surface area (Å²) in [5.74, 6) is 0. The molecule has 2 aromatic heterocycles. The minimum absolute atomic E-state index is 0.0465. The highest BCUT2D eigenvalue weighted by Gasteiger charge is 2.06. The third kappa shape index (κ3) is 2.68. The van der Waals surface area contributed by atoms with Gasteiger partial charge in [0.2, 0.25) is 0 Å². The SMILES string of the molecule is COCCn1cnc2cc(-c3cccnc3)ccc2c1=O. The number of pyridine rings is 1. The lowest BCUT2D eigenvalue weighted by Crippen LogP contribution is -2.22. The maximum atomic E-state index is 12.3. The van der Waals surface area contributed by atoms with Crippen LogP contribution in [-0.2, 0) is 11.3 Å². The lowest BCUT2D eigenvalue weighted by Gasteiger charge is -2.07. The zero-order valence-electron chi connectivity index (χ0n) is 11.7. The summed E-state index contributed by atoms with van der Waals surface area (Å²) in [5.41, 5.74) is 2.65. The van der Waals surface area contributed by atoms with Gasteiger partial charge in [-0.25, -0.2) is 4.98 Å². The number of fused-ring (bicyclic) bond motifs is 1. The summed E-state index contributed by atoms with van der Waals surface area (Å²) in [6, 6.07) is 9.51. The van der Waals surface area contributed by atoms with Crippen LogP contribution in [0.25, 0.3) is 22.0 Å². The zero-order chi connectivity index (χ0) is 14.7. The molecule has 0 radical (unpaired) electrons. The summed E-state index contributed by atoms with van der Waals surface area (Å²) in [4.78, 5) is 20.8. The predicted octanol–water partition coefficient (Wildman–Crippen LogP) is 2.10. The van der Waals surface area contributed by atoms with E-state index in [0.717, 1.165) is 11.1 Å². The van der Waals surface area contributed by atoms with E-state index in [1.807, 2.05) is 30.3 Å². The molecule has 21 heavy (non-hydrogen) atoms. The Bertz CT molecular complexity index is 813. The Balaban J connectivity index is 2.06. The van der Waals surface area contributed by atoms with Crippen LogP contribution < -0.4 is 5.56 Å². The minimum atomic E-state index is -0.0465. The molecule has 0 N–H and O–H groups in total. The number of benzene rings is 1. The first kappa shape index (κ1) is 13.5. The summed E-state index contributed by atoms with van der Waals surface area (Å²) in [7, 11) is 1.61. The van der Waals surface area contributed by atoms with Crippen molar-refractivity contribution in [2.45, 2.75) is 6.54 Å². The highest BCUT2D eigenvalue weighted by atomic mass is 16.5. The Hall–Kier alpha value is -2.53. The second-order valence-electron chi connectivity index (χ2n) is 4.71. The second-order valence-corrected chi connectivity index (χ2v) is 4.71. The van der Waals surface area contributed by atoms with E-state index in [2.05, 4.69) is 9.97 Å². The molecule has 3 aromatic rings. The van der Waals surface area contributed by atoms with Gasteiger partial charge < -0.3 is 4.74 Å². The molecule has 0 aliphatic carbocycles. The van der Waals surface area contributed by atoms with E-state index in [-0.39, 0.29) is 5.56 Å². The molecule has 0 bridgehead atoms. The number of methoxy groups -OCH3 is 1. The monoisotopic (exact) mass is 281 g/mol. The highest BCUT2D eigenvalue weighted by Crippen LogP contribution is 2.20. The molecule has 0 aliphatic rings. The van der Waals surface area contributed by atoms with E-state index >= 15 is 0 Å². The van der Waals surface area contributed by atoms with Gasteiger partial charge in [-0.05, 0) is 23.8 Å². The van der Waals surface area contributed by atoms with Gasteiger partial charge in [-0.3, -0.25) is 14.3 Å². The zero-order valence-corrected chi connectivity index (χ0v) is 11.7. The van der Waals surface area contributed by atoms with Crippen LogP contribution in [-0.4, -0.2) is 28.3 Å². The van der Waals surface area contributed by atoms with Crippen molar-refractivity contribution < 1.29 is 4.74 Å². The maximum absolute atomic E-state index is 12.3. The van der Waals surface area contributed by atoms with E-state index in [0.29, 0.717) is 24.1 Å². The van der Waals surface area contributed by atoms with E-state index in [1.54, 1.807) is 30.4 Å². The fourth-order valence-corrected chi connectivity index (χ4v) is 2.22. The van der Waals surface area contributed by atoms with Crippen LogP contribution in [0.5, 0.6) is 0 Å². The second kappa shape index (κ2) is 5.85. The molecule has 0 unspecified atom stereocenters. The molecule has 0 amide bonds. The summed E-state index contributed by atoms with van der Waals surface area (Å²) < 4.78 is 6.56.